The molecule has 1 aromatic carbocycles. The molecule has 2 nitrogen and oxygen atoms in total. The fourth-order valence-electron chi connectivity index (χ4n) is 1.38. The normalized spacial score (nSPS) is 13.5. The third-order valence-corrected chi connectivity index (χ3v) is 2.44. The first-order chi connectivity index (χ1) is 7.04. The molecule has 1 aromatic rings. The SMILES string of the molecule is CC(C)(C)C(C=O)NCc1ccccc1. The predicted octanol–water partition coefficient (Wildman–Crippen LogP) is 2.39. The first kappa shape index (κ1) is 11.9. The second-order valence-electron chi connectivity index (χ2n) is 4.85. The van der Waals surface area contributed by atoms with Gasteiger partial charge in [0.15, 0.2) is 0 Å². The molecule has 0 aromatic heterocycles. The van der Waals surface area contributed by atoms with Crippen molar-refractivity contribution in [2.45, 2.75) is 33.4 Å². The largest absolute Gasteiger partial charge is 0.303 e. The number of hydrogen-bond donors (Lipinski definition) is 1. The average molecular weight is 205 g/mol. The van der Waals surface area contributed by atoms with Gasteiger partial charge in [-0.1, -0.05) is 51.1 Å². The number of benzene rings is 1. The topological polar surface area (TPSA) is 29.1 Å². The summed E-state index contributed by atoms with van der Waals surface area (Å²) >= 11 is 0. The second-order valence-corrected chi connectivity index (χ2v) is 4.85. The van der Waals surface area contributed by atoms with Crippen molar-refractivity contribution in [2.75, 3.05) is 0 Å². The summed E-state index contributed by atoms with van der Waals surface area (Å²) < 4.78 is 0. The van der Waals surface area contributed by atoms with Crippen molar-refractivity contribution < 1.29 is 4.79 Å². The number of nitrogens with one attached hydrogen (secondary N) is 1. The Labute approximate surface area is 91.7 Å². The third-order valence-electron chi connectivity index (χ3n) is 2.44. The molecule has 1 unspecified atom stereocenters. The standard InChI is InChI=1S/C13H19NO/c1-13(2,3)12(10-15)14-9-11-7-5-4-6-8-11/h4-8,10,12,14H,9H2,1-3H3. The van der Waals surface area contributed by atoms with Crippen LogP contribution < -0.4 is 5.32 Å². The summed E-state index contributed by atoms with van der Waals surface area (Å²) in [5.74, 6) is 0. The van der Waals surface area contributed by atoms with Crippen molar-refractivity contribution in [2.24, 2.45) is 5.41 Å². The monoisotopic (exact) mass is 205 g/mol. The summed E-state index contributed by atoms with van der Waals surface area (Å²) in [5.41, 5.74) is 1.17. The summed E-state index contributed by atoms with van der Waals surface area (Å²) in [6.45, 7) is 6.92. The minimum atomic E-state index is -0.0993. The lowest BCUT2D eigenvalue weighted by molar-refractivity contribution is -0.111. The summed E-state index contributed by atoms with van der Waals surface area (Å²) in [6, 6.07) is 10.0. The molecule has 0 aliphatic carbocycles. The van der Waals surface area contributed by atoms with Gasteiger partial charge in [-0.3, -0.25) is 0 Å². The van der Waals surface area contributed by atoms with E-state index in [1.165, 1.54) is 5.56 Å². The molecule has 15 heavy (non-hydrogen) atoms. The number of rotatable bonds is 4. The lowest BCUT2D eigenvalue weighted by Crippen LogP contribution is -2.41. The van der Waals surface area contributed by atoms with E-state index in [4.69, 9.17) is 0 Å². The van der Waals surface area contributed by atoms with Gasteiger partial charge in [-0.05, 0) is 11.0 Å². The summed E-state index contributed by atoms with van der Waals surface area (Å²) in [4.78, 5) is 10.9. The Bertz CT molecular complexity index is 300. The van der Waals surface area contributed by atoms with Crippen LogP contribution in [0.3, 0.4) is 0 Å². The predicted molar refractivity (Wildman–Crippen MR) is 62.6 cm³/mol. The van der Waals surface area contributed by atoms with Gasteiger partial charge < -0.3 is 10.1 Å². The smallest absolute Gasteiger partial charge is 0.137 e. The highest BCUT2D eigenvalue weighted by molar-refractivity contribution is 5.58. The van der Waals surface area contributed by atoms with Crippen molar-refractivity contribution in [3.63, 3.8) is 0 Å². The van der Waals surface area contributed by atoms with E-state index in [2.05, 4.69) is 38.2 Å². The van der Waals surface area contributed by atoms with Crippen molar-refractivity contribution in [1.29, 1.82) is 0 Å². The van der Waals surface area contributed by atoms with Crippen LogP contribution in [0.25, 0.3) is 0 Å². The van der Waals surface area contributed by atoms with Crippen LogP contribution in [0.4, 0.5) is 0 Å². The minimum absolute atomic E-state index is 0.0312. The molecule has 0 fully saturated rings. The molecule has 0 radical (unpaired) electrons. The Hall–Kier alpha value is -1.15. The van der Waals surface area contributed by atoms with Crippen LogP contribution in [-0.2, 0) is 11.3 Å². The zero-order valence-electron chi connectivity index (χ0n) is 9.66. The quantitative estimate of drug-likeness (QED) is 0.765. The van der Waals surface area contributed by atoms with E-state index < -0.39 is 0 Å². The number of carbonyl (C=O) groups excluding carboxylic acids is 1. The molecule has 0 bridgehead atoms. The average Bonchev–Trinajstić information content (AvgIpc) is 2.18. The van der Waals surface area contributed by atoms with Crippen LogP contribution in [0, 0.1) is 5.41 Å². The molecule has 2 heteroatoms. The molecule has 0 aliphatic heterocycles. The van der Waals surface area contributed by atoms with Gasteiger partial charge in [0.25, 0.3) is 0 Å². The maximum absolute atomic E-state index is 10.9. The fraction of sp³-hybridized carbons (Fsp3) is 0.462. The zero-order chi connectivity index (χ0) is 11.3. The molecule has 1 atom stereocenters. The molecule has 1 N–H and O–H groups in total. The summed E-state index contributed by atoms with van der Waals surface area (Å²) in [6.07, 6.45) is 0.989. The van der Waals surface area contributed by atoms with Crippen LogP contribution in [0.1, 0.15) is 26.3 Å². The van der Waals surface area contributed by atoms with Crippen LogP contribution >= 0.6 is 0 Å². The van der Waals surface area contributed by atoms with Crippen LogP contribution in [0.15, 0.2) is 30.3 Å². The van der Waals surface area contributed by atoms with Gasteiger partial charge in [-0.15, -0.1) is 0 Å². The van der Waals surface area contributed by atoms with Gasteiger partial charge >= 0.3 is 0 Å². The highest BCUT2D eigenvalue weighted by Gasteiger charge is 2.23. The van der Waals surface area contributed by atoms with E-state index in [1.54, 1.807) is 0 Å². The highest BCUT2D eigenvalue weighted by atomic mass is 16.1. The van der Waals surface area contributed by atoms with E-state index in [0.717, 1.165) is 12.8 Å². The van der Waals surface area contributed by atoms with Crippen molar-refractivity contribution in [1.82, 2.24) is 5.32 Å². The van der Waals surface area contributed by atoms with Crippen LogP contribution in [-0.4, -0.2) is 12.3 Å². The molecular weight excluding hydrogens is 186 g/mol. The van der Waals surface area contributed by atoms with Gasteiger partial charge in [0, 0.05) is 6.54 Å². The maximum atomic E-state index is 10.9. The summed E-state index contributed by atoms with van der Waals surface area (Å²) in [5, 5.41) is 3.26. The summed E-state index contributed by atoms with van der Waals surface area (Å²) in [7, 11) is 0. The first-order valence-corrected chi connectivity index (χ1v) is 5.26. The van der Waals surface area contributed by atoms with Gasteiger partial charge in [0.1, 0.15) is 6.29 Å². The molecule has 82 valence electrons. The highest BCUT2D eigenvalue weighted by Crippen LogP contribution is 2.17. The maximum Gasteiger partial charge on any atom is 0.137 e. The van der Waals surface area contributed by atoms with Gasteiger partial charge in [0.2, 0.25) is 0 Å². The van der Waals surface area contributed by atoms with Gasteiger partial charge in [-0.25, -0.2) is 0 Å². The molecular formula is C13H19NO. The van der Waals surface area contributed by atoms with Gasteiger partial charge in [0.05, 0.1) is 6.04 Å². The Kier molecular flexibility index (Phi) is 4.04. The Morgan fingerprint density at radius 3 is 2.33 bits per heavy atom. The number of carbonyl (C=O) groups is 1. The molecule has 1 rings (SSSR count). The van der Waals surface area contributed by atoms with E-state index in [0.29, 0.717) is 0 Å². The van der Waals surface area contributed by atoms with Crippen molar-refractivity contribution in [3.05, 3.63) is 35.9 Å². The molecule has 0 spiro atoms. The first-order valence-electron chi connectivity index (χ1n) is 5.26. The molecule has 0 heterocycles. The molecule has 0 saturated carbocycles. The number of hydrogen-bond acceptors (Lipinski definition) is 2. The molecule has 0 aliphatic rings. The van der Waals surface area contributed by atoms with Crippen LogP contribution in [0.2, 0.25) is 0 Å². The lowest BCUT2D eigenvalue weighted by atomic mass is 9.87. The number of aldehydes is 1. The molecule has 0 amide bonds. The second kappa shape index (κ2) is 5.08. The van der Waals surface area contributed by atoms with Gasteiger partial charge in [-0.2, -0.15) is 0 Å². The van der Waals surface area contributed by atoms with Crippen molar-refractivity contribution >= 4 is 6.29 Å². The Balaban J connectivity index is 2.52. The van der Waals surface area contributed by atoms with E-state index in [-0.39, 0.29) is 11.5 Å². The Morgan fingerprint density at radius 2 is 1.87 bits per heavy atom. The van der Waals surface area contributed by atoms with E-state index in [1.807, 2.05) is 18.2 Å². The minimum Gasteiger partial charge on any atom is -0.303 e. The van der Waals surface area contributed by atoms with Crippen LogP contribution in [0.5, 0.6) is 0 Å². The van der Waals surface area contributed by atoms with E-state index in [9.17, 15) is 4.79 Å². The Morgan fingerprint density at radius 1 is 1.27 bits per heavy atom. The van der Waals surface area contributed by atoms with Crippen molar-refractivity contribution in [3.8, 4) is 0 Å². The fourth-order valence-corrected chi connectivity index (χ4v) is 1.38. The van der Waals surface area contributed by atoms with E-state index >= 15 is 0 Å². The lowest BCUT2D eigenvalue weighted by Gasteiger charge is -2.26. The molecule has 0 saturated heterocycles. The third kappa shape index (κ3) is 3.84. The zero-order valence-corrected chi connectivity index (χ0v) is 9.66.